The van der Waals surface area contributed by atoms with Crippen LogP contribution in [0.3, 0.4) is 0 Å². The van der Waals surface area contributed by atoms with Gasteiger partial charge in [0.1, 0.15) is 12.2 Å². The fourth-order valence-electron chi connectivity index (χ4n) is 1.86. The largest absolute Gasteiger partial charge is 0.396 e. The van der Waals surface area contributed by atoms with Crippen molar-refractivity contribution in [1.82, 2.24) is 9.97 Å². The fourth-order valence-corrected chi connectivity index (χ4v) is 1.86. The fraction of sp³-hybridized carbons (Fsp3) is 0.545. The van der Waals surface area contributed by atoms with Gasteiger partial charge in [0, 0.05) is 12.6 Å². The van der Waals surface area contributed by atoms with Gasteiger partial charge in [-0.05, 0) is 19.3 Å². The van der Waals surface area contributed by atoms with E-state index in [0.717, 1.165) is 12.8 Å². The number of halogens is 3. The van der Waals surface area contributed by atoms with Gasteiger partial charge in [-0.1, -0.05) is 0 Å². The lowest BCUT2D eigenvalue weighted by molar-refractivity contribution is -0.128. The lowest BCUT2D eigenvalue weighted by Crippen LogP contribution is -2.16. The van der Waals surface area contributed by atoms with Crippen molar-refractivity contribution in [3.05, 3.63) is 23.3 Å². The summed E-state index contributed by atoms with van der Waals surface area (Å²) in [6.45, 7) is 0. The van der Waals surface area contributed by atoms with E-state index < -0.39 is 12.6 Å². The van der Waals surface area contributed by atoms with Gasteiger partial charge >= 0.3 is 6.18 Å². The van der Waals surface area contributed by atoms with Crippen LogP contribution in [-0.4, -0.2) is 21.9 Å². The number of fused-ring (bicyclic) bond motifs is 1. The first kappa shape index (κ1) is 12.0. The molecule has 92 valence electrons. The van der Waals surface area contributed by atoms with Crippen LogP contribution in [0.5, 0.6) is 0 Å². The maximum absolute atomic E-state index is 12.2. The van der Waals surface area contributed by atoms with E-state index in [2.05, 4.69) is 9.97 Å². The van der Waals surface area contributed by atoms with Crippen molar-refractivity contribution < 1.29 is 18.0 Å². The summed E-state index contributed by atoms with van der Waals surface area (Å²) in [7, 11) is 0. The molecule has 1 aliphatic rings. The summed E-state index contributed by atoms with van der Waals surface area (Å²) in [5.74, 6) is -0.331. The van der Waals surface area contributed by atoms with Gasteiger partial charge in [0.25, 0.3) is 0 Å². The Labute approximate surface area is 96.1 Å². The number of rotatable bonds is 1. The minimum Gasteiger partial charge on any atom is -0.294 e. The van der Waals surface area contributed by atoms with Gasteiger partial charge in [-0.15, -0.1) is 0 Å². The number of hydrogen-bond acceptors (Lipinski definition) is 3. The molecule has 3 nitrogen and oxygen atoms in total. The van der Waals surface area contributed by atoms with Crippen molar-refractivity contribution in [2.75, 3.05) is 0 Å². The molecule has 0 bridgehead atoms. The number of nitrogens with zero attached hydrogens (tertiary/aromatic N) is 2. The quantitative estimate of drug-likeness (QED) is 0.713. The number of alkyl halides is 3. The first-order chi connectivity index (χ1) is 7.96. The summed E-state index contributed by atoms with van der Waals surface area (Å²) in [6, 6.07) is 0. The van der Waals surface area contributed by atoms with Gasteiger partial charge < -0.3 is 0 Å². The minimum absolute atomic E-state index is 0.0731. The second-order valence-corrected chi connectivity index (χ2v) is 4.07. The molecule has 0 N–H and O–H groups in total. The zero-order valence-corrected chi connectivity index (χ0v) is 9.05. The Balaban J connectivity index is 2.30. The van der Waals surface area contributed by atoms with Gasteiger partial charge in [0.15, 0.2) is 5.78 Å². The Hall–Kier alpha value is -1.46. The number of ketones is 1. The molecular formula is C11H11F3N2O. The molecule has 2 rings (SSSR count). The SMILES string of the molecule is O=C1CCCCc2nc(CC(F)(F)F)ncc21. The Morgan fingerprint density at radius 2 is 1.94 bits per heavy atom. The normalized spacial score (nSPS) is 16.5. The number of Topliss-reactive ketones (excluding diaryl/α,β-unsaturated/α-hetero) is 1. The minimum atomic E-state index is -4.32. The van der Waals surface area contributed by atoms with Gasteiger partial charge in [0.05, 0.1) is 11.3 Å². The van der Waals surface area contributed by atoms with Crippen LogP contribution in [0.25, 0.3) is 0 Å². The molecular weight excluding hydrogens is 233 g/mol. The molecule has 0 spiro atoms. The number of carbonyl (C=O) groups excluding carboxylic acids is 1. The molecule has 0 saturated heterocycles. The Morgan fingerprint density at radius 1 is 1.24 bits per heavy atom. The third-order valence-electron chi connectivity index (χ3n) is 2.64. The third-order valence-corrected chi connectivity index (χ3v) is 2.64. The highest BCUT2D eigenvalue weighted by Gasteiger charge is 2.30. The van der Waals surface area contributed by atoms with Crippen LogP contribution in [0.2, 0.25) is 0 Å². The molecule has 0 saturated carbocycles. The van der Waals surface area contributed by atoms with Crippen LogP contribution in [0.15, 0.2) is 6.20 Å². The second kappa shape index (κ2) is 4.43. The van der Waals surface area contributed by atoms with Crippen molar-refractivity contribution in [3.8, 4) is 0 Å². The molecule has 0 radical (unpaired) electrons. The first-order valence-electron chi connectivity index (χ1n) is 5.40. The average Bonchev–Trinajstić information content (AvgIpc) is 2.38. The lowest BCUT2D eigenvalue weighted by atomic mass is 10.1. The molecule has 17 heavy (non-hydrogen) atoms. The number of carbonyl (C=O) groups is 1. The Kier molecular flexibility index (Phi) is 3.13. The molecule has 1 aromatic heterocycles. The standard InChI is InChI=1S/C11H11F3N2O/c12-11(13,14)5-10-15-6-7-8(16-10)3-1-2-4-9(7)17/h6H,1-5H2. The van der Waals surface area contributed by atoms with E-state index in [9.17, 15) is 18.0 Å². The maximum atomic E-state index is 12.2. The van der Waals surface area contributed by atoms with E-state index in [1.807, 2.05) is 0 Å². The van der Waals surface area contributed by atoms with Gasteiger partial charge in [-0.3, -0.25) is 4.79 Å². The van der Waals surface area contributed by atoms with Crippen LogP contribution < -0.4 is 0 Å². The summed E-state index contributed by atoms with van der Waals surface area (Å²) < 4.78 is 36.6. The smallest absolute Gasteiger partial charge is 0.294 e. The Bertz CT molecular complexity index is 443. The summed E-state index contributed by atoms with van der Waals surface area (Å²) >= 11 is 0. The highest BCUT2D eigenvalue weighted by Crippen LogP contribution is 2.22. The van der Waals surface area contributed by atoms with Crippen molar-refractivity contribution in [3.63, 3.8) is 0 Å². The van der Waals surface area contributed by atoms with Crippen LogP contribution in [-0.2, 0) is 12.8 Å². The van der Waals surface area contributed by atoms with E-state index >= 15 is 0 Å². The van der Waals surface area contributed by atoms with Crippen molar-refractivity contribution in [2.24, 2.45) is 0 Å². The molecule has 0 amide bonds. The van der Waals surface area contributed by atoms with Crippen LogP contribution in [0.4, 0.5) is 13.2 Å². The van der Waals surface area contributed by atoms with E-state index in [1.165, 1.54) is 6.20 Å². The summed E-state index contributed by atoms with van der Waals surface area (Å²) in [6.07, 6.45) is -1.72. The molecule has 0 fully saturated rings. The molecule has 0 atom stereocenters. The predicted octanol–water partition coefficient (Wildman–Crippen LogP) is 2.49. The second-order valence-electron chi connectivity index (χ2n) is 4.07. The van der Waals surface area contributed by atoms with Gasteiger partial charge in [-0.25, -0.2) is 9.97 Å². The highest BCUT2D eigenvalue weighted by atomic mass is 19.4. The summed E-state index contributed by atoms with van der Waals surface area (Å²) in [4.78, 5) is 19.1. The summed E-state index contributed by atoms with van der Waals surface area (Å²) in [5, 5.41) is 0. The number of aryl methyl sites for hydroxylation is 1. The third kappa shape index (κ3) is 3.01. The van der Waals surface area contributed by atoms with E-state index in [4.69, 9.17) is 0 Å². The topological polar surface area (TPSA) is 42.9 Å². The van der Waals surface area contributed by atoms with Gasteiger partial charge in [0.2, 0.25) is 0 Å². The van der Waals surface area contributed by atoms with Crippen LogP contribution >= 0.6 is 0 Å². The molecule has 1 heterocycles. The predicted molar refractivity (Wildman–Crippen MR) is 53.7 cm³/mol. The molecule has 0 aliphatic heterocycles. The molecule has 6 heteroatoms. The number of hydrogen-bond donors (Lipinski definition) is 0. The lowest BCUT2D eigenvalue weighted by Gasteiger charge is -2.08. The Morgan fingerprint density at radius 3 is 2.65 bits per heavy atom. The van der Waals surface area contributed by atoms with Crippen molar-refractivity contribution in [2.45, 2.75) is 38.3 Å². The zero-order chi connectivity index (χ0) is 12.5. The monoisotopic (exact) mass is 244 g/mol. The molecule has 0 aromatic carbocycles. The van der Waals surface area contributed by atoms with Crippen molar-refractivity contribution >= 4 is 5.78 Å². The average molecular weight is 244 g/mol. The van der Waals surface area contributed by atoms with E-state index in [-0.39, 0.29) is 11.6 Å². The van der Waals surface area contributed by atoms with Crippen molar-refractivity contribution in [1.29, 1.82) is 0 Å². The van der Waals surface area contributed by atoms with E-state index in [0.29, 0.717) is 24.1 Å². The molecule has 0 unspecified atom stereocenters. The first-order valence-corrected chi connectivity index (χ1v) is 5.40. The summed E-state index contributed by atoms with van der Waals surface area (Å²) in [5.41, 5.74) is 0.843. The molecule has 1 aromatic rings. The zero-order valence-electron chi connectivity index (χ0n) is 9.05. The maximum Gasteiger partial charge on any atom is 0.396 e. The molecule has 1 aliphatic carbocycles. The van der Waals surface area contributed by atoms with E-state index in [1.54, 1.807) is 0 Å². The van der Waals surface area contributed by atoms with Crippen LogP contribution in [0.1, 0.15) is 41.1 Å². The highest BCUT2D eigenvalue weighted by molar-refractivity contribution is 5.97. The van der Waals surface area contributed by atoms with Gasteiger partial charge in [-0.2, -0.15) is 13.2 Å². The number of aromatic nitrogens is 2. The van der Waals surface area contributed by atoms with Crippen LogP contribution in [0, 0.1) is 0 Å².